The molecule has 1 atom stereocenters. The SMILES string of the molecule is COc1ccc(Cl)cc1S(=O)(=O)N[C@H](C)C(=O)NCc1ccccc1. The third-order valence-electron chi connectivity index (χ3n) is 3.45. The summed E-state index contributed by atoms with van der Waals surface area (Å²) in [6.07, 6.45) is 0. The lowest BCUT2D eigenvalue weighted by Gasteiger charge is -2.16. The molecule has 0 aromatic heterocycles. The van der Waals surface area contributed by atoms with Gasteiger partial charge >= 0.3 is 0 Å². The molecule has 2 aromatic rings. The van der Waals surface area contributed by atoms with Crippen LogP contribution in [-0.2, 0) is 21.4 Å². The highest BCUT2D eigenvalue weighted by atomic mass is 35.5. The highest BCUT2D eigenvalue weighted by Gasteiger charge is 2.25. The van der Waals surface area contributed by atoms with Crippen molar-refractivity contribution in [3.05, 3.63) is 59.1 Å². The summed E-state index contributed by atoms with van der Waals surface area (Å²) in [4.78, 5) is 12.0. The van der Waals surface area contributed by atoms with Crippen LogP contribution >= 0.6 is 11.6 Å². The highest BCUT2D eigenvalue weighted by molar-refractivity contribution is 7.89. The molecule has 8 heteroatoms. The molecular formula is C17H19ClN2O4S. The molecule has 0 heterocycles. The van der Waals surface area contributed by atoms with E-state index in [0.29, 0.717) is 6.54 Å². The molecule has 2 aromatic carbocycles. The van der Waals surface area contributed by atoms with Crippen LogP contribution in [0.25, 0.3) is 0 Å². The number of benzene rings is 2. The lowest BCUT2D eigenvalue weighted by Crippen LogP contribution is -2.44. The number of ether oxygens (including phenoxy) is 1. The summed E-state index contributed by atoms with van der Waals surface area (Å²) in [5.41, 5.74) is 0.919. The number of hydrogen-bond acceptors (Lipinski definition) is 4. The zero-order valence-corrected chi connectivity index (χ0v) is 15.4. The van der Waals surface area contributed by atoms with Crippen molar-refractivity contribution >= 4 is 27.5 Å². The molecule has 0 saturated heterocycles. The van der Waals surface area contributed by atoms with Crippen molar-refractivity contribution in [1.82, 2.24) is 10.0 Å². The van der Waals surface area contributed by atoms with Gasteiger partial charge in [0.2, 0.25) is 15.9 Å². The maximum absolute atomic E-state index is 12.5. The van der Waals surface area contributed by atoms with E-state index in [4.69, 9.17) is 16.3 Å². The zero-order valence-electron chi connectivity index (χ0n) is 13.8. The van der Waals surface area contributed by atoms with E-state index in [1.807, 2.05) is 30.3 Å². The molecule has 6 nitrogen and oxygen atoms in total. The van der Waals surface area contributed by atoms with Crippen molar-refractivity contribution in [2.75, 3.05) is 7.11 Å². The van der Waals surface area contributed by atoms with E-state index in [1.54, 1.807) is 0 Å². The summed E-state index contributed by atoms with van der Waals surface area (Å²) < 4.78 is 32.4. The van der Waals surface area contributed by atoms with Gasteiger partial charge in [-0.05, 0) is 30.7 Å². The molecule has 0 bridgehead atoms. The quantitative estimate of drug-likeness (QED) is 0.769. The summed E-state index contributed by atoms with van der Waals surface area (Å²) in [5, 5.41) is 2.94. The molecule has 134 valence electrons. The van der Waals surface area contributed by atoms with Crippen LogP contribution in [0.5, 0.6) is 5.75 Å². The number of sulfonamides is 1. The summed E-state index contributed by atoms with van der Waals surface area (Å²) >= 11 is 5.87. The number of nitrogens with one attached hydrogen (secondary N) is 2. The minimum atomic E-state index is -3.97. The first-order valence-electron chi connectivity index (χ1n) is 7.51. The van der Waals surface area contributed by atoms with Crippen LogP contribution in [0.1, 0.15) is 12.5 Å². The Labute approximate surface area is 152 Å². The molecule has 1 amide bonds. The monoisotopic (exact) mass is 382 g/mol. The second kappa shape index (κ2) is 8.33. The maximum Gasteiger partial charge on any atom is 0.245 e. The Morgan fingerprint density at radius 2 is 1.88 bits per heavy atom. The Morgan fingerprint density at radius 3 is 2.52 bits per heavy atom. The maximum atomic E-state index is 12.5. The van der Waals surface area contributed by atoms with Gasteiger partial charge in [0.05, 0.1) is 13.2 Å². The van der Waals surface area contributed by atoms with Crippen molar-refractivity contribution in [2.45, 2.75) is 24.4 Å². The molecule has 2 N–H and O–H groups in total. The van der Waals surface area contributed by atoms with Gasteiger partial charge in [0.15, 0.2) is 0 Å². The van der Waals surface area contributed by atoms with Gasteiger partial charge in [-0.2, -0.15) is 4.72 Å². The number of carbonyl (C=O) groups excluding carboxylic acids is 1. The third-order valence-corrected chi connectivity index (χ3v) is 5.25. The Bertz CT molecular complexity index is 841. The molecule has 0 fully saturated rings. The van der Waals surface area contributed by atoms with Crippen molar-refractivity contribution in [3.63, 3.8) is 0 Å². The van der Waals surface area contributed by atoms with Crippen LogP contribution in [-0.4, -0.2) is 27.5 Å². The van der Waals surface area contributed by atoms with Crippen LogP contribution in [0, 0.1) is 0 Å². The van der Waals surface area contributed by atoms with Crippen LogP contribution in [0.3, 0.4) is 0 Å². The fourth-order valence-electron chi connectivity index (χ4n) is 2.15. The van der Waals surface area contributed by atoms with Gasteiger partial charge in [-0.15, -0.1) is 0 Å². The van der Waals surface area contributed by atoms with Crippen LogP contribution in [0.4, 0.5) is 0 Å². The van der Waals surface area contributed by atoms with Gasteiger partial charge in [-0.25, -0.2) is 8.42 Å². The van der Waals surface area contributed by atoms with Crippen molar-refractivity contribution in [3.8, 4) is 5.75 Å². The first kappa shape index (κ1) is 19.2. The van der Waals surface area contributed by atoms with E-state index in [9.17, 15) is 13.2 Å². The van der Waals surface area contributed by atoms with E-state index in [-0.39, 0.29) is 15.7 Å². The number of halogens is 1. The fourth-order valence-corrected chi connectivity index (χ4v) is 3.78. The summed E-state index contributed by atoms with van der Waals surface area (Å²) in [6, 6.07) is 12.6. The fraction of sp³-hybridized carbons (Fsp3) is 0.235. The Balaban J connectivity index is 2.06. The number of carbonyl (C=O) groups is 1. The minimum Gasteiger partial charge on any atom is -0.495 e. The predicted molar refractivity (Wildman–Crippen MR) is 96.1 cm³/mol. The normalized spacial score (nSPS) is 12.4. The van der Waals surface area contributed by atoms with Crippen molar-refractivity contribution in [2.24, 2.45) is 0 Å². The highest BCUT2D eigenvalue weighted by Crippen LogP contribution is 2.27. The van der Waals surface area contributed by atoms with Gasteiger partial charge < -0.3 is 10.1 Å². The van der Waals surface area contributed by atoms with E-state index in [2.05, 4.69) is 10.0 Å². The predicted octanol–water partition coefficient (Wildman–Crippen LogP) is 2.33. The van der Waals surface area contributed by atoms with Gasteiger partial charge in [-0.1, -0.05) is 41.9 Å². The molecule has 0 unspecified atom stereocenters. The summed E-state index contributed by atoms with van der Waals surface area (Å²) in [7, 11) is -2.61. The number of amides is 1. The van der Waals surface area contributed by atoms with Gasteiger partial charge in [0.25, 0.3) is 0 Å². The summed E-state index contributed by atoms with van der Waals surface area (Å²) in [6.45, 7) is 1.78. The zero-order chi connectivity index (χ0) is 18.4. The van der Waals surface area contributed by atoms with Crippen molar-refractivity contribution < 1.29 is 17.9 Å². The lowest BCUT2D eigenvalue weighted by atomic mass is 10.2. The van der Waals surface area contributed by atoms with Crippen LogP contribution in [0.15, 0.2) is 53.4 Å². The molecule has 0 aliphatic carbocycles. The first-order chi connectivity index (χ1) is 11.8. The Morgan fingerprint density at radius 1 is 1.20 bits per heavy atom. The number of methoxy groups -OCH3 is 1. The molecule has 0 saturated carbocycles. The average Bonchev–Trinajstić information content (AvgIpc) is 2.60. The van der Waals surface area contributed by atoms with Crippen molar-refractivity contribution in [1.29, 1.82) is 0 Å². The number of hydrogen-bond donors (Lipinski definition) is 2. The largest absolute Gasteiger partial charge is 0.495 e. The molecular weight excluding hydrogens is 364 g/mol. The first-order valence-corrected chi connectivity index (χ1v) is 9.37. The molecule has 0 spiro atoms. The van der Waals surface area contributed by atoms with Crippen LogP contribution in [0.2, 0.25) is 5.02 Å². The Kier molecular flexibility index (Phi) is 6.41. The van der Waals surface area contributed by atoms with Crippen LogP contribution < -0.4 is 14.8 Å². The molecule has 0 aliphatic heterocycles. The van der Waals surface area contributed by atoms with Gasteiger partial charge in [0.1, 0.15) is 10.6 Å². The summed E-state index contributed by atoms with van der Waals surface area (Å²) in [5.74, 6) is -0.290. The smallest absolute Gasteiger partial charge is 0.245 e. The topological polar surface area (TPSA) is 84.5 Å². The van der Waals surface area contributed by atoms with Gasteiger partial charge in [0, 0.05) is 11.6 Å². The second-order valence-corrected chi connectivity index (χ2v) is 7.46. The number of rotatable bonds is 7. The molecule has 2 rings (SSSR count). The standard InChI is InChI=1S/C17H19ClN2O4S/c1-12(17(21)19-11-13-6-4-3-5-7-13)20-25(22,23)16-10-14(18)8-9-15(16)24-2/h3-10,12,20H,11H2,1-2H3,(H,19,21)/t12-/m1/s1. The molecule has 25 heavy (non-hydrogen) atoms. The van der Waals surface area contributed by atoms with E-state index < -0.39 is 22.0 Å². The van der Waals surface area contributed by atoms with E-state index in [1.165, 1.54) is 32.2 Å². The lowest BCUT2D eigenvalue weighted by molar-refractivity contribution is -0.122. The third kappa shape index (κ3) is 5.19. The molecule has 0 aliphatic rings. The average molecular weight is 383 g/mol. The Hall–Kier alpha value is -2.09. The minimum absolute atomic E-state index is 0.120. The van der Waals surface area contributed by atoms with E-state index >= 15 is 0 Å². The molecule has 0 radical (unpaired) electrons. The van der Waals surface area contributed by atoms with E-state index in [0.717, 1.165) is 5.56 Å². The second-order valence-electron chi connectivity index (χ2n) is 5.34. The van der Waals surface area contributed by atoms with Gasteiger partial charge in [-0.3, -0.25) is 4.79 Å².